The summed E-state index contributed by atoms with van der Waals surface area (Å²) in [4.78, 5) is 12.7. The number of benzene rings is 2. The summed E-state index contributed by atoms with van der Waals surface area (Å²) >= 11 is 5.90. The average molecular weight is 414 g/mol. The van der Waals surface area contributed by atoms with Gasteiger partial charge in [0, 0.05) is 23.2 Å². The Morgan fingerprint density at radius 3 is 2.59 bits per heavy atom. The molecule has 0 saturated heterocycles. The molecule has 1 N–H and O–H groups in total. The van der Waals surface area contributed by atoms with Crippen LogP contribution in [0.5, 0.6) is 11.5 Å². The maximum atomic E-state index is 12.7. The van der Waals surface area contributed by atoms with E-state index in [1.807, 2.05) is 24.3 Å². The number of nitrogens with zero attached hydrogens (tertiary/aromatic N) is 2. The van der Waals surface area contributed by atoms with Crippen LogP contribution in [0.25, 0.3) is 0 Å². The fourth-order valence-corrected chi connectivity index (χ4v) is 2.91. The number of amides is 1. The second kappa shape index (κ2) is 9.47. The third-order valence-corrected chi connectivity index (χ3v) is 4.48. The van der Waals surface area contributed by atoms with Gasteiger partial charge in [-0.25, -0.2) is 4.68 Å². The summed E-state index contributed by atoms with van der Waals surface area (Å²) in [6, 6.07) is 14.3. The topological polar surface area (TPSA) is 65.4 Å². The van der Waals surface area contributed by atoms with Gasteiger partial charge in [0.15, 0.2) is 11.5 Å². The highest BCUT2D eigenvalue weighted by Gasteiger charge is 2.14. The van der Waals surface area contributed by atoms with Crippen molar-refractivity contribution in [2.24, 2.45) is 5.92 Å². The normalized spacial score (nSPS) is 10.8. The summed E-state index contributed by atoms with van der Waals surface area (Å²) in [7, 11) is 1.55. The van der Waals surface area contributed by atoms with Crippen LogP contribution in [0.15, 0.2) is 54.7 Å². The predicted octanol–water partition coefficient (Wildman–Crippen LogP) is 5.03. The van der Waals surface area contributed by atoms with Crippen molar-refractivity contribution in [3.63, 3.8) is 0 Å². The van der Waals surface area contributed by atoms with E-state index in [1.54, 1.807) is 42.3 Å². The Morgan fingerprint density at radius 1 is 1.14 bits per heavy atom. The lowest BCUT2D eigenvalue weighted by molar-refractivity contribution is 0.102. The van der Waals surface area contributed by atoms with Gasteiger partial charge in [0.2, 0.25) is 0 Å². The molecule has 0 unspecified atom stereocenters. The molecule has 0 saturated carbocycles. The number of nitrogens with one attached hydrogen (secondary N) is 1. The van der Waals surface area contributed by atoms with E-state index in [-0.39, 0.29) is 5.91 Å². The molecule has 0 bridgehead atoms. The number of hydrogen-bond donors (Lipinski definition) is 1. The third-order valence-electron chi connectivity index (χ3n) is 4.23. The first kappa shape index (κ1) is 20.7. The Hall–Kier alpha value is -2.99. The molecule has 1 heterocycles. The van der Waals surface area contributed by atoms with Crippen LogP contribution < -0.4 is 14.8 Å². The van der Waals surface area contributed by atoms with Gasteiger partial charge in [-0.1, -0.05) is 37.6 Å². The minimum absolute atomic E-state index is 0.238. The molecule has 2 aromatic carbocycles. The van der Waals surface area contributed by atoms with Crippen LogP contribution in [-0.4, -0.2) is 22.8 Å². The van der Waals surface area contributed by atoms with Crippen LogP contribution in [0.4, 0.5) is 5.82 Å². The molecule has 0 aliphatic heterocycles. The molecule has 3 aromatic rings. The molecule has 1 aromatic heterocycles. The molecular weight excluding hydrogens is 390 g/mol. The summed E-state index contributed by atoms with van der Waals surface area (Å²) in [5, 5.41) is 7.83. The fraction of sp³-hybridized carbons (Fsp3) is 0.273. The van der Waals surface area contributed by atoms with E-state index in [0.29, 0.717) is 40.4 Å². The van der Waals surface area contributed by atoms with Crippen LogP contribution in [0.2, 0.25) is 5.02 Å². The number of methoxy groups -OCH3 is 1. The Bertz CT molecular complexity index is 968. The second-order valence-electron chi connectivity index (χ2n) is 7.03. The summed E-state index contributed by atoms with van der Waals surface area (Å²) < 4.78 is 13.0. The number of rotatable bonds is 8. The Morgan fingerprint density at radius 2 is 1.90 bits per heavy atom. The molecular formula is C22H24ClN3O3. The SMILES string of the molecule is COc1cc(C(=O)Nc2ccnn2CC(C)C)ccc1OCc1ccc(Cl)cc1. The highest BCUT2D eigenvalue weighted by atomic mass is 35.5. The van der Waals surface area contributed by atoms with Crippen molar-refractivity contribution in [1.29, 1.82) is 0 Å². The molecule has 0 spiro atoms. The van der Waals surface area contributed by atoms with E-state index in [4.69, 9.17) is 21.1 Å². The van der Waals surface area contributed by atoms with Gasteiger partial charge in [-0.05, 0) is 41.8 Å². The highest BCUT2D eigenvalue weighted by Crippen LogP contribution is 2.29. The standard InChI is InChI=1S/C22H24ClN3O3/c1-15(2)13-26-21(10-11-24-26)25-22(27)17-6-9-19(20(12-17)28-3)29-14-16-4-7-18(23)8-5-16/h4-12,15H,13-14H2,1-3H3,(H,25,27). The number of carbonyl (C=O) groups excluding carboxylic acids is 1. The zero-order chi connectivity index (χ0) is 20.8. The van der Waals surface area contributed by atoms with Crippen molar-refractivity contribution >= 4 is 23.3 Å². The Kier molecular flexibility index (Phi) is 6.77. The van der Waals surface area contributed by atoms with Gasteiger partial charge < -0.3 is 14.8 Å². The largest absolute Gasteiger partial charge is 0.493 e. The minimum atomic E-state index is -0.238. The molecule has 0 aliphatic rings. The van der Waals surface area contributed by atoms with Crippen LogP contribution in [0, 0.1) is 5.92 Å². The Balaban J connectivity index is 1.70. The molecule has 152 valence electrons. The van der Waals surface area contributed by atoms with Gasteiger partial charge in [-0.3, -0.25) is 4.79 Å². The Labute approximate surface area is 175 Å². The van der Waals surface area contributed by atoms with Crippen molar-refractivity contribution in [2.45, 2.75) is 27.0 Å². The van der Waals surface area contributed by atoms with E-state index >= 15 is 0 Å². The van der Waals surface area contributed by atoms with Gasteiger partial charge in [0.05, 0.1) is 13.3 Å². The van der Waals surface area contributed by atoms with Crippen LogP contribution in [0.3, 0.4) is 0 Å². The van der Waals surface area contributed by atoms with E-state index in [0.717, 1.165) is 12.1 Å². The van der Waals surface area contributed by atoms with Gasteiger partial charge in [-0.15, -0.1) is 0 Å². The molecule has 7 heteroatoms. The number of hydrogen-bond acceptors (Lipinski definition) is 4. The average Bonchev–Trinajstić information content (AvgIpc) is 3.13. The van der Waals surface area contributed by atoms with Crippen LogP contribution in [0.1, 0.15) is 29.8 Å². The van der Waals surface area contributed by atoms with Crippen LogP contribution >= 0.6 is 11.6 Å². The first-order chi connectivity index (χ1) is 14.0. The quantitative estimate of drug-likeness (QED) is 0.562. The van der Waals surface area contributed by atoms with Gasteiger partial charge in [0.25, 0.3) is 5.91 Å². The van der Waals surface area contributed by atoms with Gasteiger partial charge >= 0.3 is 0 Å². The lowest BCUT2D eigenvalue weighted by Crippen LogP contribution is -2.17. The predicted molar refractivity (Wildman–Crippen MR) is 114 cm³/mol. The lowest BCUT2D eigenvalue weighted by Gasteiger charge is -2.13. The van der Waals surface area contributed by atoms with Crippen molar-refractivity contribution in [3.8, 4) is 11.5 Å². The molecule has 0 aliphatic carbocycles. The fourth-order valence-electron chi connectivity index (χ4n) is 2.79. The number of aromatic nitrogens is 2. The van der Waals surface area contributed by atoms with E-state index in [1.165, 1.54) is 0 Å². The summed E-state index contributed by atoms with van der Waals surface area (Å²) in [5.74, 6) is 1.89. The first-order valence-corrected chi connectivity index (χ1v) is 9.72. The molecule has 0 atom stereocenters. The molecule has 3 rings (SSSR count). The molecule has 6 nitrogen and oxygen atoms in total. The number of anilines is 1. The smallest absolute Gasteiger partial charge is 0.256 e. The van der Waals surface area contributed by atoms with E-state index in [2.05, 4.69) is 24.3 Å². The maximum Gasteiger partial charge on any atom is 0.256 e. The first-order valence-electron chi connectivity index (χ1n) is 9.34. The highest BCUT2D eigenvalue weighted by molar-refractivity contribution is 6.30. The van der Waals surface area contributed by atoms with Crippen molar-refractivity contribution in [3.05, 3.63) is 70.9 Å². The van der Waals surface area contributed by atoms with Crippen molar-refractivity contribution < 1.29 is 14.3 Å². The second-order valence-corrected chi connectivity index (χ2v) is 7.46. The minimum Gasteiger partial charge on any atom is -0.493 e. The van der Waals surface area contributed by atoms with E-state index in [9.17, 15) is 4.79 Å². The molecule has 1 amide bonds. The number of carbonyl (C=O) groups is 1. The van der Waals surface area contributed by atoms with Crippen LogP contribution in [-0.2, 0) is 13.2 Å². The third kappa shape index (κ3) is 5.51. The maximum absolute atomic E-state index is 12.7. The zero-order valence-electron chi connectivity index (χ0n) is 16.7. The number of ether oxygens (including phenoxy) is 2. The van der Waals surface area contributed by atoms with Crippen molar-refractivity contribution in [1.82, 2.24) is 9.78 Å². The summed E-state index contributed by atoms with van der Waals surface area (Å²) in [5.41, 5.74) is 1.45. The lowest BCUT2D eigenvalue weighted by atomic mass is 10.2. The zero-order valence-corrected chi connectivity index (χ0v) is 17.4. The van der Waals surface area contributed by atoms with Gasteiger partial charge in [0.1, 0.15) is 12.4 Å². The van der Waals surface area contributed by atoms with E-state index < -0.39 is 0 Å². The summed E-state index contributed by atoms with van der Waals surface area (Å²) in [6.45, 7) is 5.29. The molecule has 0 fully saturated rings. The number of halogens is 1. The molecule has 0 radical (unpaired) electrons. The van der Waals surface area contributed by atoms with Gasteiger partial charge in [-0.2, -0.15) is 5.10 Å². The monoisotopic (exact) mass is 413 g/mol. The summed E-state index contributed by atoms with van der Waals surface area (Å²) in [6.07, 6.45) is 1.67. The van der Waals surface area contributed by atoms with Crippen molar-refractivity contribution in [2.75, 3.05) is 12.4 Å². The molecule has 29 heavy (non-hydrogen) atoms.